The number of carboxylic acid groups (broad SMARTS) is 1. The normalized spacial score (nSPS) is 15.8. The van der Waals surface area contributed by atoms with Gasteiger partial charge in [0.15, 0.2) is 6.04 Å². The molecule has 1 fully saturated rings. The van der Waals surface area contributed by atoms with Gasteiger partial charge >= 0.3 is 5.97 Å². The van der Waals surface area contributed by atoms with E-state index in [-0.39, 0.29) is 0 Å². The molecule has 5 nitrogen and oxygen atoms in total. The van der Waals surface area contributed by atoms with Gasteiger partial charge in [0, 0.05) is 11.7 Å². The maximum absolute atomic E-state index is 11.6. The van der Waals surface area contributed by atoms with E-state index in [2.05, 4.69) is 10.3 Å². The number of imidazole rings is 1. The van der Waals surface area contributed by atoms with Crippen molar-refractivity contribution in [2.24, 2.45) is 0 Å². The quantitative estimate of drug-likeness (QED) is 0.877. The Kier molecular flexibility index (Phi) is 3.18. The summed E-state index contributed by atoms with van der Waals surface area (Å²) in [5, 5.41) is 12.6. The highest BCUT2D eigenvalue weighted by Crippen LogP contribution is 2.37. The second-order valence-corrected chi connectivity index (χ2v) is 5.24. The Balaban J connectivity index is 1.89. The van der Waals surface area contributed by atoms with Gasteiger partial charge in [0.05, 0.1) is 18.2 Å². The predicted octanol–water partition coefficient (Wildman–Crippen LogP) is 2.76. The Morgan fingerprint density at radius 3 is 2.95 bits per heavy atom. The van der Waals surface area contributed by atoms with Crippen LogP contribution in [0.15, 0.2) is 36.8 Å². The molecule has 0 amide bonds. The summed E-state index contributed by atoms with van der Waals surface area (Å²) >= 11 is 0. The number of anilines is 1. The van der Waals surface area contributed by atoms with Gasteiger partial charge in [-0.2, -0.15) is 0 Å². The third-order valence-electron chi connectivity index (χ3n) is 3.51. The van der Waals surface area contributed by atoms with Crippen LogP contribution in [0, 0.1) is 6.92 Å². The van der Waals surface area contributed by atoms with Crippen LogP contribution in [0.5, 0.6) is 0 Å². The second kappa shape index (κ2) is 5.00. The van der Waals surface area contributed by atoms with Crippen molar-refractivity contribution in [1.82, 2.24) is 9.55 Å². The fraction of sp³-hybridized carbons (Fsp3) is 0.333. The molecular formula is C15H17N3O2. The zero-order chi connectivity index (χ0) is 14.1. The van der Waals surface area contributed by atoms with Gasteiger partial charge in [-0.05, 0) is 37.5 Å². The summed E-state index contributed by atoms with van der Waals surface area (Å²) in [5.41, 5.74) is 2.61. The van der Waals surface area contributed by atoms with E-state index in [1.54, 1.807) is 12.5 Å². The van der Waals surface area contributed by atoms with E-state index in [0.717, 1.165) is 24.1 Å². The molecule has 104 valence electrons. The molecule has 3 rings (SSSR count). The average Bonchev–Trinajstić information content (AvgIpc) is 3.14. The number of rotatable bonds is 5. The van der Waals surface area contributed by atoms with E-state index in [9.17, 15) is 9.90 Å². The van der Waals surface area contributed by atoms with Gasteiger partial charge in [0.2, 0.25) is 0 Å². The SMILES string of the molecule is Cc1cccc(NC(C(=O)O)c2cncn2C2CC2)c1. The minimum Gasteiger partial charge on any atom is -0.479 e. The van der Waals surface area contributed by atoms with Gasteiger partial charge in [0.25, 0.3) is 0 Å². The number of nitrogens with zero attached hydrogens (tertiary/aromatic N) is 2. The van der Waals surface area contributed by atoms with Crippen LogP contribution in [-0.4, -0.2) is 20.6 Å². The van der Waals surface area contributed by atoms with Crippen molar-refractivity contribution >= 4 is 11.7 Å². The van der Waals surface area contributed by atoms with Crippen LogP contribution in [0.1, 0.15) is 36.2 Å². The maximum Gasteiger partial charge on any atom is 0.332 e. The van der Waals surface area contributed by atoms with E-state index in [0.29, 0.717) is 11.7 Å². The van der Waals surface area contributed by atoms with Crippen LogP contribution in [0.25, 0.3) is 0 Å². The molecule has 20 heavy (non-hydrogen) atoms. The van der Waals surface area contributed by atoms with Crippen molar-refractivity contribution in [2.75, 3.05) is 5.32 Å². The molecule has 2 N–H and O–H groups in total. The van der Waals surface area contributed by atoms with E-state index in [1.165, 1.54) is 0 Å². The fourth-order valence-corrected chi connectivity index (χ4v) is 2.36. The standard InChI is InChI=1S/C15H17N3O2/c1-10-3-2-4-11(7-10)17-14(15(19)20)13-8-16-9-18(13)12-5-6-12/h2-4,7-9,12,14,17H,5-6H2,1H3,(H,19,20). The maximum atomic E-state index is 11.6. The smallest absolute Gasteiger partial charge is 0.332 e. The van der Waals surface area contributed by atoms with Crippen LogP contribution >= 0.6 is 0 Å². The second-order valence-electron chi connectivity index (χ2n) is 5.24. The predicted molar refractivity (Wildman–Crippen MR) is 75.7 cm³/mol. The minimum absolute atomic E-state index is 0.411. The number of carboxylic acids is 1. The summed E-state index contributed by atoms with van der Waals surface area (Å²) in [7, 11) is 0. The highest BCUT2D eigenvalue weighted by atomic mass is 16.4. The lowest BCUT2D eigenvalue weighted by molar-refractivity contribution is -0.138. The van der Waals surface area contributed by atoms with Crippen molar-refractivity contribution in [3.63, 3.8) is 0 Å². The van der Waals surface area contributed by atoms with Gasteiger partial charge in [-0.25, -0.2) is 9.78 Å². The van der Waals surface area contributed by atoms with Gasteiger partial charge in [-0.15, -0.1) is 0 Å². The number of hydrogen-bond acceptors (Lipinski definition) is 3. The Bertz CT molecular complexity index is 632. The van der Waals surface area contributed by atoms with Gasteiger partial charge < -0.3 is 15.0 Å². The highest BCUT2D eigenvalue weighted by molar-refractivity contribution is 5.78. The summed E-state index contributed by atoms with van der Waals surface area (Å²) in [5.74, 6) is -0.895. The monoisotopic (exact) mass is 271 g/mol. The molecule has 0 aliphatic heterocycles. The number of aromatic nitrogens is 2. The molecule has 1 aliphatic rings. The Labute approximate surface area is 117 Å². The lowest BCUT2D eigenvalue weighted by Crippen LogP contribution is -2.23. The first kappa shape index (κ1) is 12.7. The topological polar surface area (TPSA) is 67.2 Å². The van der Waals surface area contributed by atoms with Crippen molar-refractivity contribution in [1.29, 1.82) is 0 Å². The van der Waals surface area contributed by atoms with Gasteiger partial charge in [-0.3, -0.25) is 0 Å². The molecule has 1 aliphatic carbocycles. The summed E-state index contributed by atoms with van der Waals surface area (Å²) in [6.07, 6.45) is 5.56. The fourth-order valence-electron chi connectivity index (χ4n) is 2.36. The zero-order valence-corrected chi connectivity index (χ0v) is 11.3. The molecule has 0 bridgehead atoms. The summed E-state index contributed by atoms with van der Waals surface area (Å²) in [6.45, 7) is 1.98. The van der Waals surface area contributed by atoms with Crippen molar-refractivity contribution in [3.8, 4) is 0 Å². The molecule has 1 aromatic heterocycles. The molecule has 2 aromatic rings. The molecule has 1 unspecified atom stereocenters. The zero-order valence-electron chi connectivity index (χ0n) is 11.3. The number of nitrogens with one attached hydrogen (secondary N) is 1. The lowest BCUT2D eigenvalue weighted by atomic mass is 10.1. The number of carbonyl (C=O) groups is 1. The first-order valence-electron chi connectivity index (χ1n) is 6.73. The molecule has 1 heterocycles. The molecule has 0 spiro atoms. The molecule has 1 saturated carbocycles. The summed E-state index contributed by atoms with van der Waals surface area (Å²) in [4.78, 5) is 15.7. The lowest BCUT2D eigenvalue weighted by Gasteiger charge is -2.18. The van der Waals surface area contributed by atoms with Gasteiger partial charge in [-0.1, -0.05) is 12.1 Å². The van der Waals surface area contributed by atoms with E-state index in [4.69, 9.17) is 0 Å². The van der Waals surface area contributed by atoms with E-state index >= 15 is 0 Å². The van der Waals surface area contributed by atoms with Crippen molar-refractivity contribution in [3.05, 3.63) is 48.0 Å². The first-order valence-corrected chi connectivity index (χ1v) is 6.73. The first-order chi connectivity index (χ1) is 9.65. The Morgan fingerprint density at radius 2 is 2.30 bits per heavy atom. The molecular weight excluding hydrogens is 254 g/mol. The largest absolute Gasteiger partial charge is 0.479 e. The molecule has 0 saturated heterocycles. The number of aliphatic carboxylic acids is 1. The summed E-state index contributed by atoms with van der Waals surface area (Å²) in [6, 6.07) is 7.34. The van der Waals surface area contributed by atoms with Gasteiger partial charge in [0.1, 0.15) is 0 Å². The average molecular weight is 271 g/mol. The van der Waals surface area contributed by atoms with Crippen LogP contribution in [0.2, 0.25) is 0 Å². The summed E-state index contributed by atoms with van der Waals surface area (Å²) < 4.78 is 1.97. The van der Waals surface area contributed by atoms with Crippen molar-refractivity contribution in [2.45, 2.75) is 31.8 Å². The number of benzene rings is 1. The highest BCUT2D eigenvalue weighted by Gasteiger charge is 2.30. The van der Waals surface area contributed by atoms with E-state index in [1.807, 2.05) is 35.8 Å². The van der Waals surface area contributed by atoms with E-state index < -0.39 is 12.0 Å². The van der Waals surface area contributed by atoms with Crippen LogP contribution in [0.3, 0.4) is 0 Å². The minimum atomic E-state index is -0.895. The van der Waals surface area contributed by atoms with Crippen LogP contribution < -0.4 is 5.32 Å². The Morgan fingerprint density at radius 1 is 1.50 bits per heavy atom. The van der Waals surface area contributed by atoms with Crippen LogP contribution in [-0.2, 0) is 4.79 Å². The molecule has 1 atom stereocenters. The number of aryl methyl sites for hydroxylation is 1. The molecule has 5 heteroatoms. The molecule has 1 aromatic carbocycles. The Hall–Kier alpha value is -2.30. The van der Waals surface area contributed by atoms with Crippen LogP contribution in [0.4, 0.5) is 5.69 Å². The van der Waals surface area contributed by atoms with Crippen molar-refractivity contribution < 1.29 is 9.90 Å². The molecule has 0 radical (unpaired) electrons. The number of hydrogen-bond donors (Lipinski definition) is 2. The third kappa shape index (κ3) is 2.52. The third-order valence-corrected chi connectivity index (χ3v) is 3.51.